The molecule has 0 saturated heterocycles. The topological polar surface area (TPSA) is 113 Å². The molecule has 3 N–H and O–H groups in total. The fourth-order valence-electron chi connectivity index (χ4n) is 1.89. The highest BCUT2D eigenvalue weighted by atomic mass is 16.6. The van der Waals surface area contributed by atoms with Crippen molar-refractivity contribution in [3.05, 3.63) is 51.7 Å². The number of carbonyl (C=O) groups excluding carboxylic acids is 1. The molecular weight excluding hydrogens is 276 g/mol. The highest BCUT2D eigenvalue weighted by Crippen LogP contribution is 2.20. The maximum Gasteiger partial charge on any atom is 0.269 e. The van der Waals surface area contributed by atoms with Crippen LogP contribution in [0, 0.1) is 10.1 Å². The maximum atomic E-state index is 11.0. The third-order valence-electron chi connectivity index (χ3n) is 2.86. The van der Waals surface area contributed by atoms with Gasteiger partial charge in [-0.1, -0.05) is 0 Å². The van der Waals surface area contributed by atoms with E-state index >= 15 is 0 Å². The molecule has 2 atom stereocenters. The van der Waals surface area contributed by atoms with Gasteiger partial charge in [0.15, 0.2) is 5.78 Å². The van der Waals surface area contributed by atoms with Gasteiger partial charge in [0.2, 0.25) is 0 Å². The molecule has 0 heterocycles. The minimum absolute atomic E-state index is 0.0767. The number of nitro groups is 1. The fourth-order valence-corrected chi connectivity index (χ4v) is 1.89. The van der Waals surface area contributed by atoms with E-state index in [2.05, 4.69) is 5.32 Å². The molecule has 0 aliphatic rings. The molecule has 0 spiro atoms. The summed E-state index contributed by atoms with van der Waals surface area (Å²) in [6.45, 7) is 2.68. The first-order chi connectivity index (χ1) is 9.85. The molecule has 0 radical (unpaired) electrons. The first-order valence-electron chi connectivity index (χ1n) is 6.33. The smallest absolute Gasteiger partial charge is 0.269 e. The predicted molar refractivity (Wildman–Crippen MR) is 76.5 cm³/mol. The number of nitro benzene ring substituents is 1. The lowest BCUT2D eigenvalue weighted by Crippen LogP contribution is -2.37. The van der Waals surface area contributed by atoms with Gasteiger partial charge in [-0.15, -0.1) is 0 Å². The fraction of sp³-hybridized carbons (Fsp3) is 0.357. The van der Waals surface area contributed by atoms with Gasteiger partial charge in [0.25, 0.3) is 5.69 Å². The highest BCUT2D eigenvalue weighted by Gasteiger charge is 2.21. The zero-order valence-electron chi connectivity index (χ0n) is 11.8. The summed E-state index contributed by atoms with van der Waals surface area (Å²) in [6, 6.07) is 4.70. The Bertz CT molecular complexity index is 539. The van der Waals surface area contributed by atoms with Crippen LogP contribution in [0.4, 0.5) is 5.69 Å². The molecule has 7 nitrogen and oxygen atoms in total. The molecule has 1 aromatic rings. The largest absolute Gasteiger partial charge is 0.394 e. The first-order valence-corrected chi connectivity index (χ1v) is 6.33. The Morgan fingerprint density at radius 3 is 2.38 bits per heavy atom. The van der Waals surface area contributed by atoms with Crippen molar-refractivity contribution in [3.8, 4) is 0 Å². The van der Waals surface area contributed by atoms with Crippen LogP contribution in [0.25, 0.3) is 0 Å². The van der Waals surface area contributed by atoms with Gasteiger partial charge in [-0.3, -0.25) is 14.9 Å². The molecule has 0 aromatic heterocycles. The number of hydrogen-bond acceptors (Lipinski definition) is 6. The predicted octanol–water partition coefficient (Wildman–Crippen LogP) is 1.07. The number of rotatable bonds is 7. The second-order valence-corrected chi connectivity index (χ2v) is 4.66. The van der Waals surface area contributed by atoms with Crippen molar-refractivity contribution in [1.82, 2.24) is 5.32 Å². The van der Waals surface area contributed by atoms with Gasteiger partial charge >= 0.3 is 0 Å². The molecule has 0 bridgehead atoms. The van der Waals surface area contributed by atoms with Crippen LogP contribution in [0.3, 0.4) is 0 Å². The Morgan fingerprint density at radius 1 is 1.38 bits per heavy atom. The van der Waals surface area contributed by atoms with Crippen LogP contribution in [0.2, 0.25) is 0 Å². The van der Waals surface area contributed by atoms with Crippen molar-refractivity contribution in [3.63, 3.8) is 0 Å². The summed E-state index contributed by atoms with van der Waals surface area (Å²) in [5, 5.41) is 32.9. The normalized spacial score (nSPS) is 14.4. The lowest BCUT2D eigenvalue weighted by Gasteiger charge is -2.23. The molecule has 0 unspecified atom stereocenters. The third kappa shape index (κ3) is 4.97. The van der Waals surface area contributed by atoms with Crippen molar-refractivity contribution in [1.29, 1.82) is 0 Å². The number of benzene rings is 1. The SMILES string of the molecule is CC(=O)/C=C(/C)N[C@H](CO)[C@@H](O)c1ccc([N+](=O)[O-])cc1. The number of aliphatic hydroxyl groups excluding tert-OH is 2. The van der Waals surface area contributed by atoms with Gasteiger partial charge in [0.1, 0.15) is 6.10 Å². The van der Waals surface area contributed by atoms with E-state index in [0.717, 1.165) is 0 Å². The average Bonchev–Trinajstić information content (AvgIpc) is 2.43. The molecule has 114 valence electrons. The summed E-state index contributed by atoms with van der Waals surface area (Å²) in [5.41, 5.74) is 0.873. The molecule has 1 rings (SSSR count). The molecule has 0 aliphatic heterocycles. The Kier molecular flexibility index (Phi) is 6.01. The van der Waals surface area contributed by atoms with Gasteiger partial charge in [0.05, 0.1) is 17.6 Å². The Balaban J connectivity index is 2.85. The molecule has 0 saturated carbocycles. The minimum Gasteiger partial charge on any atom is -0.394 e. The van der Waals surface area contributed by atoms with E-state index in [0.29, 0.717) is 11.3 Å². The Labute approximate surface area is 122 Å². The van der Waals surface area contributed by atoms with Crippen LogP contribution in [-0.2, 0) is 4.79 Å². The van der Waals surface area contributed by atoms with Gasteiger partial charge in [0, 0.05) is 17.8 Å². The zero-order chi connectivity index (χ0) is 16.0. The quantitative estimate of drug-likeness (QED) is 0.394. The van der Waals surface area contributed by atoms with Crippen LogP contribution in [-0.4, -0.2) is 33.6 Å². The summed E-state index contributed by atoms with van der Waals surface area (Å²) < 4.78 is 0. The van der Waals surface area contributed by atoms with Crippen LogP contribution in [0.5, 0.6) is 0 Å². The third-order valence-corrected chi connectivity index (χ3v) is 2.86. The molecular formula is C14H18N2O5. The lowest BCUT2D eigenvalue weighted by molar-refractivity contribution is -0.384. The van der Waals surface area contributed by atoms with E-state index in [1.54, 1.807) is 6.92 Å². The highest BCUT2D eigenvalue weighted by molar-refractivity contribution is 5.87. The summed E-state index contributed by atoms with van der Waals surface area (Å²) in [5.74, 6) is -0.151. The molecule has 0 fully saturated rings. The number of allylic oxidation sites excluding steroid dienone is 2. The van der Waals surface area contributed by atoms with Crippen LogP contribution < -0.4 is 5.32 Å². The number of aliphatic hydroxyl groups is 2. The monoisotopic (exact) mass is 294 g/mol. The number of non-ortho nitro benzene ring substituents is 1. The summed E-state index contributed by atoms with van der Waals surface area (Å²) in [6.07, 6.45) is 0.289. The van der Waals surface area contributed by atoms with Crippen molar-refractivity contribution >= 4 is 11.5 Å². The van der Waals surface area contributed by atoms with E-state index in [1.165, 1.54) is 37.3 Å². The standard InChI is InChI=1S/C14H18N2O5/c1-9(7-10(2)18)15-13(8-17)14(19)11-3-5-12(6-4-11)16(20)21/h3-7,13-15,17,19H,8H2,1-2H3/b9-7-/t13-,14+/m1/s1. The summed E-state index contributed by atoms with van der Waals surface area (Å²) in [4.78, 5) is 21.0. The average molecular weight is 294 g/mol. The van der Waals surface area contributed by atoms with Crippen molar-refractivity contribution in [2.45, 2.75) is 26.0 Å². The van der Waals surface area contributed by atoms with E-state index < -0.39 is 17.1 Å². The minimum atomic E-state index is -1.06. The van der Waals surface area contributed by atoms with Gasteiger partial charge in [-0.05, 0) is 37.6 Å². The molecule has 7 heteroatoms. The van der Waals surface area contributed by atoms with Gasteiger partial charge < -0.3 is 15.5 Å². The molecule has 0 amide bonds. The number of nitrogens with zero attached hydrogens (tertiary/aromatic N) is 1. The first kappa shape index (κ1) is 16.8. The maximum absolute atomic E-state index is 11.0. The van der Waals surface area contributed by atoms with E-state index in [9.17, 15) is 25.1 Å². The van der Waals surface area contributed by atoms with Crippen LogP contribution in [0.1, 0.15) is 25.5 Å². The van der Waals surface area contributed by atoms with Crippen molar-refractivity contribution < 1.29 is 19.9 Å². The Morgan fingerprint density at radius 2 is 1.95 bits per heavy atom. The second-order valence-electron chi connectivity index (χ2n) is 4.66. The molecule has 1 aromatic carbocycles. The van der Waals surface area contributed by atoms with Crippen LogP contribution >= 0.6 is 0 Å². The van der Waals surface area contributed by atoms with E-state index in [-0.39, 0.29) is 18.1 Å². The van der Waals surface area contributed by atoms with Gasteiger partial charge in [-0.25, -0.2) is 0 Å². The van der Waals surface area contributed by atoms with E-state index in [4.69, 9.17) is 0 Å². The van der Waals surface area contributed by atoms with Crippen LogP contribution in [0.15, 0.2) is 36.0 Å². The Hall–Kier alpha value is -2.25. The molecule has 0 aliphatic carbocycles. The van der Waals surface area contributed by atoms with Gasteiger partial charge in [-0.2, -0.15) is 0 Å². The number of hydrogen-bond donors (Lipinski definition) is 3. The number of ketones is 1. The number of nitrogens with one attached hydrogen (secondary N) is 1. The van der Waals surface area contributed by atoms with Crippen molar-refractivity contribution in [2.75, 3.05) is 6.61 Å². The van der Waals surface area contributed by atoms with E-state index in [1.807, 2.05) is 0 Å². The summed E-state index contributed by atoms with van der Waals surface area (Å²) in [7, 11) is 0. The summed E-state index contributed by atoms with van der Waals surface area (Å²) >= 11 is 0. The number of carbonyl (C=O) groups is 1. The molecule has 21 heavy (non-hydrogen) atoms. The lowest BCUT2D eigenvalue weighted by atomic mass is 10.0. The zero-order valence-corrected chi connectivity index (χ0v) is 11.8. The van der Waals surface area contributed by atoms with Crippen molar-refractivity contribution in [2.24, 2.45) is 0 Å². The second kappa shape index (κ2) is 7.51.